The molecule has 0 N–H and O–H groups in total. The van der Waals surface area contributed by atoms with Gasteiger partial charge in [0, 0.05) is 5.92 Å². The van der Waals surface area contributed by atoms with E-state index in [1.807, 2.05) is 0 Å². The van der Waals surface area contributed by atoms with Crippen LogP contribution in [0.4, 0.5) is 0 Å². The summed E-state index contributed by atoms with van der Waals surface area (Å²) in [5.41, 5.74) is 7.41. The summed E-state index contributed by atoms with van der Waals surface area (Å²) in [5.74, 6) is 2.95. The standard InChI is InChI=1S/C28H31/c1-21(2)28-25(19-22-11-5-3-6-12-22)17-10-18-26(28)27(24-15-9-16-24)20-23-13-7-4-8-14-23/h3-8,10-14,17-18,21,24H,9,15-16,19-20H2,1-2H3. The Morgan fingerprint density at radius 3 is 2.00 bits per heavy atom. The van der Waals surface area contributed by atoms with E-state index in [0.717, 1.165) is 18.8 Å². The maximum atomic E-state index is 2.39. The highest BCUT2D eigenvalue weighted by Gasteiger charge is 2.31. The number of benzene rings is 3. The zero-order valence-electron chi connectivity index (χ0n) is 17.2. The van der Waals surface area contributed by atoms with Crippen molar-refractivity contribution in [3.63, 3.8) is 0 Å². The summed E-state index contributed by atoms with van der Waals surface area (Å²) in [5, 5.41) is 0. The molecule has 28 heavy (non-hydrogen) atoms. The fraction of sp³-hybridized carbons (Fsp3) is 0.321. The third-order valence-electron chi connectivity index (χ3n) is 6.19. The van der Waals surface area contributed by atoms with Gasteiger partial charge >= 0.3 is 0 Å². The molecule has 0 heteroatoms. The van der Waals surface area contributed by atoms with Gasteiger partial charge in [-0.1, -0.05) is 99.1 Å². The van der Waals surface area contributed by atoms with Gasteiger partial charge in [-0.2, -0.15) is 0 Å². The summed E-state index contributed by atoms with van der Waals surface area (Å²) in [6.07, 6.45) is 6.18. The van der Waals surface area contributed by atoms with Crippen molar-refractivity contribution in [1.82, 2.24) is 0 Å². The third kappa shape index (κ3) is 4.22. The first-order chi connectivity index (χ1) is 13.7. The maximum Gasteiger partial charge on any atom is 0.0127 e. The van der Waals surface area contributed by atoms with Crippen LogP contribution in [0.2, 0.25) is 0 Å². The van der Waals surface area contributed by atoms with Gasteiger partial charge in [0.25, 0.3) is 0 Å². The Morgan fingerprint density at radius 1 is 0.786 bits per heavy atom. The van der Waals surface area contributed by atoms with Gasteiger partial charge in [0.2, 0.25) is 0 Å². The Labute approximate surface area is 170 Å². The highest BCUT2D eigenvalue weighted by Crippen LogP contribution is 2.43. The molecule has 0 unspecified atom stereocenters. The molecular weight excluding hydrogens is 336 g/mol. The quantitative estimate of drug-likeness (QED) is 0.409. The largest absolute Gasteiger partial charge is 0.0622 e. The molecule has 1 saturated carbocycles. The van der Waals surface area contributed by atoms with E-state index < -0.39 is 0 Å². The predicted octanol–water partition coefficient (Wildman–Crippen LogP) is 7.37. The van der Waals surface area contributed by atoms with Gasteiger partial charge < -0.3 is 0 Å². The first-order valence-electron chi connectivity index (χ1n) is 10.8. The molecule has 0 aromatic heterocycles. The lowest BCUT2D eigenvalue weighted by Gasteiger charge is -2.36. The van der Waals surface area contributed by atoms with Crippen molar-refractivity contribution in [2.45, 2.75) is 51.9 Å². The molecule has 0 saturated heterocycles. The second kappa shape index (κ2) is 8.78. The normalized spacial score (nSPS) is 14.4. The van der Waals surface area contributed by atoms with Crippen LogP contribution < -0.4 is 0 Å². The van der Waals surface area contributed by atoms with Crippen LogP contribution in [0.1, 0.15) is 66.8 Å². The molecule has 0 aliphatic heterocycles. The van der Waals surface area contributed by atoms with Gasteiger partial charge in [-0.25, -0.2) is 0 Å². The fourth-order valence-electron chi connectivity index (χ4n) is 4.58. The van der Waals surface area contributed by atoms with E-state index in [2.05, 4.69) is 92.7 Å². The van der Waals surface area contributed by atoms with Crippen molar-refractivity contribution in [2.75, 3.05) is 0 Å². The molecule has 0 bridgehead atoms. The monoisotopic (exact) mass is 367 g/mol. The molecule has 0 heterocycles. The summed E-state index contributed by atoms with van der Waals surface area (Å²) in [6, 6.07) is 28.9. The smallest absolute Gasteiger partial charge is 0.0127 e. The summed E-state index contributed by atoms with van der Waals surface area (Å²) in [7, 11) is 0. The van der Waals surface area contributed by atoms with E-state index in [1.54, 1.807) is 11.5 Å². The van der Waals surface area contributed by atoms with Crippen LogP contribution in [0, 0.1) is 11.8 Å². The minimum Gasteiger partial charge on any atom is -0.0622 e. The fourth-order valence-corrected chi connectivity index (χ4v) is 4.58. The van der Waals surface area contributed by atoms with Crippen LogP contribution in [0.5, 0.6) is 0 Å². The average molecular weight is 368 g/mol. The molecule has 4 rings (SSSR count). The second-order valence-corrected chi connectivity index (χ2v) is 8.51. The first-order valence-corrected chi connectivity index (χ1v) is 10.8. The predicted molar refractivity (Wildman–Crippen MR) is 120 cm³/mol. The molecule has 143 valence electrons. The Kier molecular flexibility index (Phi) is 5.95. The van der Waals surface area contributed by atoms with Crippen molar-refractivity contribution in [1.29, 1.82) is 0 Å². The van der Waals surface area contributed by atoms with Crippen LogP contribution in [0.25, 0.3) is 0 Å². The van der Waals surface area contributed by atoms with Crippen LogP contribution >= 0.6 is 0 Å². The van der Waals surface area contributed by atoms with Gasteiger partial charge in [0.1, 0.15) is 0 Å². The highest BCUT2D eigenvalue weighted by atomic mass is 14.4. The number of hydrogen-bond donors (Lipinski definition) is 0. The minimum absolute atomic E-state index is 0.528. The SMILES string of the molecule is CC(C)c1c(Cc2ccccc2)cccc1[C](Cc1ccccc1)C1CCC1. The molecule has 1 radical (unpaired) electrons. The molecular formula is C28H31. The van der Waals surface area contributed by atoms with Gasteiger partial charge in [-0.05, 0) is 65.3 Å². The molecule has 0 nitrogen and oxygen atoms in total. The molecule has 3 aromatic carbocycles. The van der Waals surface area contributed by atoms with E-state index in [-0.39, 0.29) is 0 Å². The van der Waals surface area contributed by atoms with Crippen molar-refractivity contribution < 1.29 is 0 Å². The second-order valence-electron chi connectivity index (χ2n) is 8.51. The van der Waals surface area contributed by atoms with Crippen LogP contribution in [0.15, 0.2) is 78.9 Å². The van der Waals surface area contributed by atoms with E-state index >= 15 is 0 Å². The molecule has 3 aromatic rings. The van der Waals surface area contributed by atoms with Gasteiger partial charge in [0.05, 0.1) is 0 Å². The Hall–Kier alpha value is -2.34. The topological polar surface area (TPSA) is 0 Å². The molecule has 0 spiro atoms. The molecule has 1 fully saturated rings. The lowest BCUT2D eigenvalue weighted by atomic mass is 9.68. The lowest BCUT2D eigenvalue weighted by molar-refractivity contribution is 0.331. The summed E-state index contributed by atoms with van der Waals surface area (Å²) >= 11 is 0. The highest BCUT2D eigenvalue weighted by molar-refractivity contribution is 5.49. The van der Waals surface area contributed by atoms with Crippen LogP contribution in [-0.4, -0.2) is 0 Å². The maximum absolute atomic E-state index is 2.39. The zero-order valence-corrected chi connectivity index (χ0v) is 17.2. The zero-order chi connectivity index (χ0) is 19.3. The number of hydrogen-bond acceptors (Lipinski definition) is 0. The van der Waals surface area contributed by atoms with E-state index in [0.29, 0.717) is 5.92 Å². The Balaban J connectivity index is 1.72. The van der Waals surface area contributed by atoms with Crippen molar-refractivity contribution >= 4 is 0 Å². The lowest BCUT2D eigenvalue weighted by Crippen LogP contribution is -2.24. The molecule has 1 aliphatic carbocycles. The third-order valence-corrected chi connectivity index (χ3v) is 6.19. The summed E-state index contributed by atoms with van der Waals surface area (Å²) in [6.45, 7) is 4.71. The van der Waals surface area contributed by atoms with Crippen LogP contribution in [0.3, 0.4) is 0 Å². The summed E-state index contributed by atoms with van der Waals surface area (Å²) in [4.78, 5) is 0. The molecule has 0 atom stereocenters. The van der Waals surface area contributed by atoms with Gasteiger partial charge in [0.15, 0.2) is 0 Å². The van der Waals surface area contributed by atoms with Crippen molar-refractivity contribution in [3.8, 4) is 0 Å². The number of rotatable bonds is 7. The van der Waals surface area contributed by atoms with E-state index in [4.69, 9.17) is 0 Å². The summed E-state index contributed by atoms with van der Waals surface area (Å²) < 4.78 is 0. The van der Waals surface area contributed by atoms with Crippen molar-refractivity contribution in [2.24, 2.45) is 5.92 Å². The van der Waals surface area contributed by atoms with E-state index in [1.165, 1.54) is 41.5 Å². The molecule has 1 aliphatic rings. The van der Waals surface area contributed by atoms with Crippen molar-refractivity contribution in [3.05, 3.63) is 113 Å². The van der Waals surface area contributed by atoms with Gasteiger partial charge in [-0.15, -0.1) is 0 Å². The first kappa shape index (κ1) is 19.0. The van der Waals surface area contributed by atoms with Gasteiger partial charge in [-0.3, -0.25) is 0 Å². The minimum atomic E-state index is 0.528. The van der Waals surface area contributed by atoms with E-state index in [9.17, 15) is 0 Å². The Bertz CT molecular complexity index is 872. The molecule has 0 amide bonds. The van der Waals surface area contributed by atoms with Crippen LogP contribution in [-0.2, 0) is 12.8 Å². The average Bonchev–Trinajstić information content (AvgIpc) is 2.67. The Morgan fingerprint density at radius 2 is 1.43 bits per heavy atom.